The van der Waals surface area contributed by atoms with Crippen molar-refractivity contribution in [1.82, 2.24) is 14.7 Å². The third-order valence-electron chi connectivity index (χ3n) is 6.72. The number of ether oxygens (including phenoxy) is 2. The van der Waals surface area contributed by atoms with Crippen LogP contribution in [-0.4, -0.2) is 91.6 Å². The van der Waals surface area contributed by atoms with E-state index in [2.05, 4.69) is 17.0 Å². The fourth-order valence-electron chi connectivity index (χ4n) is 4.71. The van der Waals surface area contributed by atoms with Gasteiger partial charge in [-0.15, -0.1) is 0 Å². The Hall–Kier alpha value is -1.96. The second-order valence-electron chi connectivity index (χ2n) is 8.85. The first-order valence-corrected chi connectivity index (χ1v) is 11.7. The third kappa shape index (κ3) is 6.28. The lowest BCUT2D eigenvalue weighted by Crippen LogP contribution is -2.51. The lowest BCUT2D eigenvalue weighted by Gasteiger charge is -2.38. The average Bonchev–Trinajstić information content (AvgIpc) is 2.83. The largest absolute Gasteiger partial charge is 0.379 e. The summed E-state index contributed by atoms with van der Waals surface area (Å²) < 4.78 is 11.5. The molecular weight excluding hydrogens is 394 g/mol. The Morgan fingerprint density at radius 2 is 1.74 bits per heavy atom. The number of hydrogen-bond acceptors (Lipinski definition) is 5. The zero-order chi connectivity index (χ0) is 21.5. The SMILES string of the molecule is O=C1CC[C@H](C(=O)N2CCC(OCc3ccccc3)CC2)CN1CCN1CCOCC1. The normalized spacial score (nSPS) is 23.9. The molecule has 31 heavy (non-hydrogen) atoms. The highest BCUT2D eigenvalue weighted by molar-refractivity contribution is 5.84. The van der Waals surface area contributed by atoms with Gasteiger partial charge in [-0.25, -0.2) is 0 Å². The van der Waals surface area contributed by atoms with Crippen LogP contribution in [0, 0.1) is 5.92 Å². The van der Waals surface area contributed by atoms with Crippen LogP contribution in [-0.2, 0) is 25.7 Å². The van der Waals surface area contributed by atoms with E-state index < -0.39 is 0 Å². The number of piperidine rings is 2. The van der Waals surface area contributed by atoms with Crippen molar-refractivity contribution in [1.29, 1.82) is 0 Å². The van der Waals surface area contributed by atoms with Crippen LogP contribution in [0.15, 0.2) is 30.3 Å². The second-order valence-corrected chi connectivity index (χ2v) is 8.85. The van der Waals surface area contributed by atoms with Crippen LogP contribution in [0.25, 0.3) is 0 Å². The van der Waals surface area contributed by atoms with Crippen molar-refractivity contribution >= 4 is 11.8 Å². The first-order chi connectivity index (χ1) is 15.2. The van der Waals surface area contributed by atoms with Crippen LogP contribution in [0.2, 0.25) is 0 Å². The highest BCUT2D eigenvalue weighted by atomic mass is 16.5. The first kappa shape index (κ1) is 22.2. The van der Waals surface area contributed by atoms with Gasteiger partial charge < -0.3 is 19.3 Å². The number of nitrogens with zero attached hydrogens (tertiary/aromatic N) is 3. The Morgan fingerprint density at radius 3 is 2.48 bits per heavy atom. The summed E-state index contributed by atoms with van der Waals surface area (Å²) in [5, 5.41) is 0. The Labute approximate surface area is 185 Å². The zero-order valence-corrected chi connectivity index (χ0v) is 18.4. The molecule has 1 atom stereocenters. The van der Waals surface area contributed by atoms with E-state index in [1.165, 1.54) is 5.56 Å². The van der Waals surface area contributed by atoms with Crippen molar-refractivity contribution in [2.75, 3.05) is 59.0 Å². The van der Waals surface area contributed by atoms with Crippen LogP contribution >= 0.6 is 0 Å². The third-order valence-corrected chi connectivity index (χ3v) is 6.72. The molecule has 3 saturated heterocycles. The number of likely N-dealkylation sites (tertiary alicyclic amines) is 2. The molecule has 7 nitrogen and oxygen atoms in total. The lowest BCUT2D eigenvalue weighted by atomic mass is 9.94. The van der Waals surface area contributed by atoms with Gasteiger partial charge in [-0.05, 0) is 24.8 Å². The van der Waals surface area contributed by atoms with E-state index >= 15 is 0 Å². The maximum Gasteiger partial charge on any atom is 0.227 e. The maximum atomic E-state index is 13.1. The summed E-state index contributed by atoms with van der Waals surface area (Å²) in [7, 11) is 0. The molecule has 0 unspecified atom stereocenters. The Morgan fingerprint density at radius 1 is 1.00 bits per heavy atom. The van der Waals surface area contributed by atoms with Gasteiger partial charge in [0.05, 0.1) is 31.8 Å². The number of amides is 2. The van der Waals surface area contributed by atoms with Crippen molar-refractivity contribution in [3.8, 4) is 0 Å². The van der Waals surface area contributed by atoms with Gasteiger partial charge >= 0.3 is 0 Å². The van der Waals surface area contributed by atoms with Crippen LogP contribution in [0.5, 0.6) is 0 Å². The molecule has 3 heterocycles. The molecule has 7 heteroatoms. The van der Waals surface area contributed by atoms with E-state index in [-0.39, 0.29) is 23.8 Å². The number of rotatable bonds is 7. The molecule has 0 saturated carbocycles. The van der Waals surface area contributed by atoms with E-state index in [0.717, 1.165) is 58.8 Å². The van der Waals surface area contributed by atoms with Gasteiger partial charge in [-0.3, -0.25) is 14.5 Å². The molecule has 1 aromatic rings. The number of carbonyl (C=O) groups excluding carboxylic acids is 2. The smallest absolute Gasteiger partial charge is 0.227 e. The zero-order valence-electron chi connectivity index (χ0n) is 18.4. The molecule has 2 amide bonds. The molecule has 3 fully saturated rings. The number of carbonyl (C=O) groups is 2. The molecule has 0 spiro atoms. The quantitative estimate of drug-likeness (QED) is 0.661. The monoisotopic (exact) mass is 429 g/mol. The van der Waals surface area contributed by atoms with Crippen molar-refractivity contribution in [2.45, 2.75) is 38.4 Å². The first-order valence-electron chi connectivity index (χ1n) is 11.7. The minimum atomic E-state index is -0.0656. The fraction of sp³-hybridized carbons (Fsp3) is 0.667. The predicted molar refractivity (Wildman–Crippen MR) is 117 cm³/mol. The molecule has 0 N–H and O–H groups in total. The van der Waals surface area contributed by atoms with Crippen LogP contribution in [0.4, 0.5) is 0 Å². The topological polar surface area (TPSA) is 62.3 Å². The summed E-state index contributed by atoms with van der Waals surface area (Å²) in [6, 6.07) is 10.2. The van der Waals surface area contributed by atoms with Crippen molar-refractivity contribution in [2.24, 2.45) is 5.92 Å². The van der Waals surface area contributed by atoms with E-state index in [0.29, 0.717) is 32.5 Å². The van der Waals surface area contributed by atoms with Crippen LogP contribution < -0.4 is 0 Å². The molecule has 170 valence electrons. The molecule has 3 aliphatic rings. The number of hydrogen-bond donors (Lipinski definition) is 0. The summed E-state index contributed by atoms with van der Waals surface area (Å²) in [5.74, 6) is 0.333. The molecule has 0 aliphatic carbocycles. The molecule has 0 radical (unpaired) electrons. The van der Waals surface area contributed by atoms with Crippen LogP contribution in [0.1, 0.15) is 31.2 Å². The van der Waals surface area contributed by atoms with E-state index in [1.807, 2.05) is 28.0 Å². The van der Waals surface area contributed by atoms with Gasteiger partial charge in [-0.1, -0.05) is 30.3 Å². The highest BCUT2D eigenvalue weighted by Crippen LogP contribution is 2.23. The Kier molecular flexibility index (Phi) is 7.94. The standard InChI is InChI=1S/C24H35N3O4/c28-23-7-6-21(18-27(23)13-12-25-14-16-30-17-15-25)24(29)26-10-8-22(9-11-26)31-19-20-4-2-1-3-5-20/h1-5,21-22H,6-19H2/t21-/m0/s1. The van der Waals surface area contributed by atoms with Crippen molar-refractivity contribution < 1.29 is 19.1 Å². The van der Waals surface area contributed by atoms with Gasteiger partial charge in [0.25, 0.3) is 0 Å². The average molecular weight is 430 g/mol. The second kappa shape index (κ2) is 11.1. The molecule has 1 aromatic carbocycles. The summed E-state index contributed by atoms with van der Waals surface area (Å²) in [6.07, 6.45) is 3.13. The minimum Gasteiger partial charge on any atom is -0.379 e. The van der Waals surface area contributed by atoms with Crippen molar-refractivity contribution in [3.63, 3.8) is 0 Å². The van der Waals surface area contributed by atoms with Gasteiger partial charge in [0.15, 0.2) is 0 Å². The molecule has 3 aliphatic heterocycles. The summed E-state index contributed by atoms with van der Waals surface area (Å²) >= 11 is 0. The fourth-order valence-corrected chi connectivity index (χ4v) is 4.71. The van der Waals surface area contributed by atoms with Gasteiger partial charge in [0.1, 0.15) is 0 Å². The molecule has 4 rings (SSSR count). The molecule has 0 bridgehead atoms. The Balaban J connectivity index is 1.20. The van der Waals surface area contributed by atoms with E-state index in [9.17, 15) is 9.59 Å². The van der Waals surface area contributed by atoms with Crippen molar-refractivity contribution in [3.05, 3.63) is 35.9 Å². The summed E-state index contributed by atoms with van der Waals surface area (Å²) in [4.78, 5) is 31.7. The highest BCUT2D eigenvalue weighted by Gasteiger charge is 2.34. The lowest BCUT2D eigenvalue weighted by molar-refractivity contribution is -0.145. The van der Waals surface area contributed by atoms with Gasteiger partial charge in [-0.2, -0.15) is 0 Å². The predicted octanol–water partition coefficient (Wildman–Crippen LogP) is 1.77. The van der Waals surface area contributed by atoms with E-state index in [4.69, 9.17) is 9.47 Å². The number of benzene rings is 1. The maximum absolute atomic E-state index is 13.1. The summed E-state index contributed by atoms with van der Waals surface area (Å²) in [6.45, 7) is 7.62. The van der Waals surface area contributed by atoms with Gasteiger partial charge in [0.2, 0.25) is 11.8 Å². The van der Waals surface area contributed by atoms with Crippen LogP contribution in [0.3, 0.4) is 0 Å². The Bertz CT molecular complexity index is 715. The van der Waals surface area contributed by atoms with E-state index in [1.54, 1.807) is 0 Å². The van der Waals surface area contributed by atoms with Gasteiger partial charge in [0, 0.05) is 52.2 Å². The minimum absolute atomic E-state index is 0.0656. The molecule has 0 aromatic heterocycles. The summed E-state index contributed by atoms with van der Waals surface area (Å²) in [5.41, 5.74) is 1.19. The number of morpholine rings is 1. The molecular formula is C24H35N3O4.